The molecule has 0 spiro atoms. The van der Waals surface area contributed by atoms with Crippen LogP contribution in [0.15, 0.2) is 22.6 Å². The van der Waals surface area contributed by atoms with Gasteiger partial charge in [0.15, 0.2) is 11.5 Å². The van der Waals surface area contributed by atoms with E-state index in [1.807, 2.05) is 19.1 Å². The van der Waals surface area contributed by atoms with Crippen LogP contribution in [0.2, 0.25) is 0 Å². The minimum Gasteiger partial charge on any atom is -0.460 e. The molecule has 1 saturated carbocycles. The van der Waals surface area contributed by atoms with Gasteiger partial charge < -0.3 is 15.5 Å². The Bertz CT molecular complexity index is 638. The highest BCUT2D eigenvalue weighted by atomic mass is 16.3. The quantitative estimate of drug-likeness (QED) is 0.801. The van der Waals surface area contributed by atoms with Gasteiger partial charge in [0.1, 0.15) is 11.5 Å². The van der Waals surface area contributed by atoms with E-state index >= 15 is 0 Å². The lowest BCUT2D eigenvalue weighted by Gasteiger charge is -2.28. The number of furan rings is 1. The molecule has 0 aromatic carbocycles. The summed E-state index contributed by atoms with van der Waals surface area (Å²) in [4.78, 5) is 12.3. The van der Waals surface area contributed by atoms with Gasteiger partial charge >= 0.3 is 0 Å². The van der Waals surface area contributed by atoms with E-state index in [0.29, 0.717) is 23.7 Å². The van der Waals surface area contributed by atoms with Gasteiger partial charge in [0.05, 0.1) is 5.54 Å². The van der Waals surface area contributed by atoms with Gasteiger partial charge in [-0.2, -0.15) is 5.10 Å². The number of H-pyrrole nitrogens is 1. The summed E-state index contributed by atoms with van der Waals surface area (Å²) in [5.41, 5.74) is 6.63. The molecule has 0 bridgehead atoms. The van der Waals surface area contributed by atoms with Crippen molar-refractivity contribution in [1.29, 1.82) is 0 Å². The highest BCUT2D eigenvalue weighted by Gasteiger charge is 2.34. The molecule has 0 radical (unpaired) electrons. The molecule has 4 N–H and O–H groups in total. The van der Waals surface area contributed by atoms with E-state index in [1.165, 1.54) is 0 Å². The molecule has 6 nitrogen and oxygen atoms in total. The summed E-state index contributed by atoms with van der Waals surface area (Å²) in [6.07, 6.45) is 4.08. The fourth-order valence-electron chi connectivity index (χ4n) is 2.88. The lowest BCUT2D eigenvalue weighted by atomic mass is 9.97. The fourth-order valence-corrected chi connectivity index (χ4v) is 2.88. The van der Waals surface area contributed by atoms with Gasteiger partial charge in [-0.25, -0.2) is 0 Å². The zero-order chi connectivity index (χ0) is 14.9. The SMILES string of the molecule is Cc1ccc(-c2cc(C(=O)NC3(CN)CCCC3)n[nH]2)o1. The molecule has 1 aliphatic rings. The fraction of sp³-hybridized carbons (Fsp3) is 0.467. The number of amides is 1. The normalized spacial score (nSPS) is 17.0. The molecule has 0 unspecified atom stereocenters. The predicted octanol–water partition coefficient (Wildman–Crippen LogP) is 1.98. The number of nitrogens with one attached hydrogen (secondary N) is 2. The number of hydrogen-bond acceptors (Lipinski definition) is 4. The minimum atomic E-state index is -0.266. The highest BCUT2D eigenvalue weighted by Crippen LogP contribution is 2.29. The monoisotopic (exact) mass is 288 g/mol. The average Bonchev–Trinajstić information content (AvgIpc) is 3.18. The second-order valence-electron chi connectivity index (χ2n) is 5.72. The first-order valence-electron chi connectivity index (χ1n) is 7.27. The van der Waals surface area contributed by atoms with Crippen LogP contribution < -0.4 is 11.1 Å². The van der Waals surface area contributed by atoms with Crippen LogP contribution in [-0.2, 0) is 0 Å². The first kappa shape index (κ1) is 13.9. The van der Waals surface area contributed by atoms with Gasteiger partial charge in [0, 0.05) is 12.6 Å². The third-order valence-corrected chi connectivity index (χ3v) is 4.15. The largest absolute Gasteiger partial charge is 0.460 e. The standard InChI is InChI=1S/C15H20N4O2/c1-10-4-5-13(21-10)11-8-12(19-18-11)14(20)17-15(9-16)6-2-3-7-15/h4-5,8H,2-3,6-7,9,16H2,1H3,(H,17,20)(H,18,19). The lowest BCUT2D eigenvalue weighted by Crippen LogP contribution is -2.51. The van der Waals surface area contributed by atoms with Gasteiger partial charge in [-0.1, -0.05) is 12.8 Å². The summed E-state index contributed by atoms with van der Waals surface area (Å²) in [6, 6.07) is 5.42. The highest BCUT2D eigenvalue weighted by molar-refractivity contribution is 5.93. The van der Waals surface area contributed by atoms with Crippen LogP contribution in [0.4, 0.5) is 0 Å². The Kier molecular flexibility index (Phi) is 3.55. The maximum Gasteiger partial charge on any atom is 0.272 e. The number of rotatable bonds is 4. The van der Waals surface area contributed by atoms with E-state index in [0.717, 1.165) is 31.4 Å². The van der Waals surface area contributed by atoms with Crippen molar-refractivity contribution in [3.8, 4) is 11.5 Å². The minimum absolute atomic E-state index is 0.187. The Labute approximate surface area is 123 Å². The van der Waals surface area contributed by atoms with Crippen LogP contribution in [0.3, 0.4) is 0 Å². The van der Waals surface area contributed by atoms with E-state index in [1.54, 1.807) is 6.07 Å². The molecule has 0 saturated heterocycles. The van der Waals surface area contributed by atoms with Crippen LogP contribution >= 0.6 is 0 Å². The average molecular weight is 288 g/mol. The molecule has 112 valence electrons. The zero-order valence-corrected chi connectivity index (χ0v) is 12.1. The second kappa shape index (κ2) is 5.37. The Morgan fingerprint density at radius 1 is 1.48 bits per heavy atom. The number of aromatic nitrogens is 2. The Morgan fingerprint density at radius 2 is 2.24 bits per heavy atom. The van der Waals surface area contributed by atoms with Crippen molar-refractivity contribution in [2.45, 2.75) is 38.1 Å². The number of carbonyl (C=O) groups is 1. The van der Waals surface area contributed by atoms with Crippen LogP contribution in [-0.4, -0.2) is 28.2 Å². The van der Waals surface area contributed by atoms with E-state index in [4.69, 9.17) is 10.2 Å². The van der Waals surface area contributed by atoms with Gasteiger partial charge in [-0.3, -0.25) is 9.89 Å². The smallest absolute Gasteiger partial charge is 0.272 e. The van der Waals surface area contributed by atoms with Gasteiger partial charge in [-0.05, 0) is 31.9 Å². The van der Waals surface area contributed by atoms with Crippen molar-refractivity contribution in [3.05, 3.63) is 29.7 Å². The molecular formula is C15H20N4O2. The van der Waals surface area contributed by atoms with Crippen molar-refractivity contribution in [1.82, 2.24) is 15.5 Å². The summed E-state index contributed by atoms with van der Waals surface area (Å²) in [5, 5.41) is 9.96. The number of hydrogen-bond donors (Lipinski definition) is 3. The molecule has 1 aliphatic carbocycles. The molecule has 3 rings (SSSR count). The summed E-state index contributed by atoms with van der Waals surface area (Å²) < 4.78 is 5.51. The Morgan fingerprint density at radius 3 is 2.86 bits per heavy atom. The second-order valence-corrected chi connectivity index (χ2v) is 5.72. The topological polar surface area (TPSA) is 96.9 Å². The third-order valence-electron chi connectivity index (χ3n) is 4.15. The first-order valence-corrected chi connectivity index (χ1v) is 7.27. The first-order chi connectivity index (χ1) is 10.1. The summed E-state index contributed by atoms with van der Waals surface area (Å²) in [5.74, 6) is 1.31. The van der Waals surface area contributed by atoms with Crippen molar-refractivity contribution >= 4 is 5.91 Å². The number of nitrogens with two attached hydrogens (primary N) is 1. The molecule has 6 heteroatoms. The van der Waals surface area contributed by atoms with Gasteiger partial charge in [0.2, 0.25) is 0 Å². The van der Waals surface area contributed by atoms with Crippen LogP contribution in [0.5, 0.6) is 0 Å². The summed E-state index contributed by atoms with van der Waals surface area (Å²) >= 11 is 0. The van der Waals surface area contributed by atoms with Crippen LogP contribution in [0, 0.1) is 6.92 Å². The van der Waals surface area contributed by atoms with Gasteiger partial charge in [0.25, 0.3) is 5.91 Å². The third kappa shape index (κ3) is 2.71. The van der Waals surface area contributed by atoms with Crippen molar-refractivity contribution in [2.24, 2.45) is 5.73 Å². The van der Waals surface area contributed by atoms with Crippen molar-refractivity contribution in [3.63, 3.8) is 0 Å². The molecule has 1 fully saturated rings. The maximum atomic E-state index is 12.3. The van der Waals surface area contributed by atoms with Crippen molar-refractivity contribution in [2.75, 3.05) is 6.54 Å². The number of nitrogens with zero attached hydrogens (tertiary/aromatic N) is 1. The van der Waals surface area contributed by atoms with E-state index in [9.17, 15) is 4.79 Å². The molecular weight excluding hydrogens is 268 g/mol. The molecule has 1 amide bonds. The van der Waals surface area contributed by atoms with E-state index in [-0.39, 0.29) is 11.4 Å². The maximum absolute atomic E-state index is 12.3. The molecule has 0 atom stereocenters. The zero-order valence-electron chi connectivity index (χ0n) is 12.1. The molecule has 2 aromatic rings. The lowest BCUT2D eigenvalue weighted by molar-refractivity contribution is 0.0898. The van der Waals surface area contributed by atoms with Gasteiger partial charge in [-0.15, -0.1) is 0 Å². The van der Waals surface area contributed by atoms with E-state index in [2.05, 4.69) is 15.5 Å². The predicted molar refractivity (Wildman–Crippen MR) is 78.7 cm³/mol. The molecule has 0 aliphatic heterocycles. The molecule has 2 aromatic heterocycles. The van der Waals surface area contributed by atoms with E-state index < -0.39 is 0 Å². The summed E-state index contributed by atoms with van der Waals surface area (Å²) in [7, 11) is 0. The molecule has 2 heterocycles. The molecule has 21 heavy (non-hydrogen) atoms. The van der Waals surface area contributed by atoms with Crippen LogP contribution in [0.1, 0.15) is 41.9 Å². The number of aryl methyl sites for hydroxylation is 1. The summed E-state index contributed by atoms with van der Waals surface area (Å²) in [6.45, 7) is 2.34. The van der Waals surface area contributed by atoms with Crippen LogP contribution in [0.25, 0.3) is 11.5 Å². The Balaban J connectivity index is 1.75. The number of carbonyl (C=O) groups excluding carboxylic acids is 1. The van der Waals surface area contributed by atoms with Crippen molar-refractivity contribution < 1.29 is 9.21 Å². The number of aromatic amines is 1. The Hall–Kier alpha value is -2.08.